The monoisotopic (exact) mass is 328 g/mol. The number of amides is 2. The molecule has 122 valence electrons. The summed E-state index contributed by atoms with van der Waals surface area (Å²) in [7, 11) is 0. The second kappa shape index (κ2) is 6.81. The van der Waals surface area contributed by atoms with Crippen LogP contribution in [-0.2, 0) is 0 Å². The third-order valence-electron chi connectivity index (χ3n) is 2.52. The average Bonchev–Trinajstić information content (AvgIpc) is 3.04. The van der Waals surface area contributed by atoms with Crippen LogP contribution in [0.15, 0.2) is 36.7 Å². The number of carbonyl (C=O) groups is 2. The van der Waals surface area contributed by atoms with Gasteiger partial charge in [-0.05, 0) is 24.3 Å². The molecule has 3 N–H and O–H groups in total. The van der Waals surface area contributed by atoms with E-state index in [0.717, 1.165) is 0 Å². The maximum atomic E-state index is 12.2. The van der Waals surface area contributed by atoms with E-state index in [2.05, 4.69) is 25.6 Å². The van der Waals surface area contributed by atoms with Crippen molar-refractivity contribution < 1.29 is 27.5 Å². The highest BCUT2D eigenvalue weighted by Crippen LogP contribution is 2.19. The van der Waals surface area contributed by atoms with Gasteiger partial charge in [0.1, 0.15) is 11.3 Å². The fourth-order valence-electron chi connectivity index (χ4n) is 1.55. The first-order valence-electron chi connectivity index (χ1n) is 6.25. The number of hydrogen-bond acceptors (Lipinski definition) is 4. The number of nitrogens with one attached hydrogen (secondary N) is 3. The summed E-state index contributed by atoms with van der Waals surface area (Å²) in [6, 6.07) is 5.63. The molecule has 0 aromatic carbocycles. The zero-order valence-corrected chi connectivity index (χ0v) is 11.5. The van der Waals surface area contributed by atoms with Crippen LogP contribution in [0.5, 0.6) is 5.88 Å². The molecule has 0 bridgehead atoms. The molecule has 0 aliphatic carbocycles. The minimum absolute atomic E-state index is 0.199. The summed E-state index contributed by atoms with van der Waals surface area (Å²) in [6.07, 6.45) is -1.87. The number of nitrogens with zero attached hydrogens (tertiary/aromatic N) is 1. The molecule has 0 saturated carbocycles. The van der Waals surface area contributed by atoms with Gasteiger partial charge >= 0.3 is 6.18 Å². The normalized spacial score (nSPS) is 10.9. The number of ether oxygens (including phenoxy) is 1. The minimum Gasteiger partial charge on any atom is -0.467 e. The Bertz CT molecular complexity index is 686. The van der Waals surface area contributed by atoms with Crippen molar-refractivity contribution in [1.29, 1.82) is 0 Å². The fraction of sp³-hybridized carbons (Fsp3) is 0.154. The van der Waals surface area contributed by atoms with E-state index in [4.69, 9.17) is 0 Å². The first kappa shape index (κ1) is 16.3. The molecule has 0 atom stereocenters. The number of pyridine rings is 1. The molecule has 0 unspecified atom stereocenters. The van der Waals surface area contributed by atoms with E-state index < -0.39 is 30.5 Å². The van der Waals surface area contributed by atoms with Crippen LogP contribution in [0, 0.1) is 0 Å². The van der Waals surface area contributed by atoms with Gasteiger partial charge < -0.3 is 9.72 Å². The zero-order valence-electron chi connectivity index (χ0n) is 11.5. The summed E-state index contributed by atoms with van der Waals surface area (Å²) >= 11 is 0. The van der Waals surface area contributed by atoms with Gasteiger partial charge in [0.25, 0.3) is 11.8 Å². The predicted octanol–water partition coefficient (Wildman–Crippen LogP) is 1.43. The molecule has 0 aliphatic rings. The number of hydrogen-bond donors (Lipinski definition) is 3. The summed E-state index contributed by atoms with van der Waals surface area (Å²) in [4.78, 5) is 29.8. The third kappa shape index (κ3) is 4.73. The van der Waals surface area contributed by atoms with Crippen LogP contribution in [0.3, 0.4) is 0 Å². The van der Waals surface area contributed by atoms with E-state index in [9.17, 15) is 22.8 Å². The molecular formula is C13H11F3N4O3. The van der Waals surface area contributed by atoms with Crippen molar-refractivity contribution in [3.05, 3.63) is 47.9 Å². The van der Waals surface area contributed by atoms with E-state index in [0.29, 0.717) is 0 Å². The topological polar surface area (TPSA) is 96.1 Å². The lowest BCUT2D eigenvalue weighted by Gasteiger charge is -2.12. The van der Waals surface area contributed by atoms with Crippen LogP contribution in [0.25, 0.3) is 0 Å². The van der Waals surface area contributed by atoms with Crippen molar-refractivity contribution in [2.75, 3.05) is 6.61 Å². The minimum atomic E-state index is -4.56. The van der Waals surface area contributed by atoms with Crippen molar-refractivity contribution in [3.63, 3.8) is 0 Å². The van der Waals surface area contributed by atoms with E-state index in [-0.39, 0.29) is 11.3 Å². The summed E-state index contributed by atoms with van der Waals surface area (Å²) in [5.41, 5.74) is 4.12. The number of aromatic nitrogens is 2. The first-order chi connectivity index (χ1) is 10.9. The SMILES string of the molecule is O=C(NNC(=O)c1cccnc1OCC(F)(F)F)c1ccc[nH]1. The molecule has 0 radical (unpaired) electrons. The lowest BCUT2D eigenvalue weighted by Crippen LogP contribution is -2.42. The van der Waals surface area contributed by atoms with Crippen molar-refractivity contribution in [2.45, 2.75) is 6.18 Å². The number of carbonyl (C=O) groups excluding carboxylic acids is 2. The van der Waals surface area contributed by atoms with Crippen LogP contribution in [0.2, 0.25) is 0 Å². The van der Waals surface area contributed by atoms with Crippen LogP contribution in [-0.4, -0.2) is 34.6 Å². The van der Waals surface area contributed by atoms with E-state index >= 15 is 0 Å². The second-order valence-electron chi connectivity index (χ2n) is 4.25. The molecule has 0 aliphatic heterocycles. The van der Waals surface area contributed by atoms with Crippen LogP contribution >= 0.6 is 0 Å². The number of hydrazine groups is 1. The van der Waals surface area contributed by atoms with Crippen molar-refractivity contribution in [2.24, 2.45) is 0 Å². The van der Waals surface area contributed by atoms with Crippen molar-refractivity contribution >= 4 is 11.8 Å². The van der Waals surface area contributed by atoms with E-state index in [1.807, 2.05) is 0 Å². The predicted molar refractivity (Wildman–Crippen MR) is 71.5 cm³/mol. The number of rotatable bonds is 4. The lowest BCUT2D eigenvalue weighted by molar-refractivity contribution is -0.154. The maximum absolute atomic E-state index is 12.2. The highest BCUT2D eigenvalue weighted by atomic mass is 19.4. The van der Waals surface area contributed by atoms with Crippen molar-refractivity contribution in [3.8, 4) is 5.88 Å². The van der Waals surface area contributed by atoms with Crippen LogP contribution in [0.1, 0.15) is 20.8 Å². The smallest absolute Gasteiger partial charge is 0.422 e. The van der Waals surface area contributed by atoms with Gasteiger partial charge in [-0.25, -0.2) is 4.98 Å². The number of alkyl halides is 3. The Hall–Kier alpha value is -3.04. The van der Waals surface area contributed by atoms with Gasteiger partial charge in [0.05, 0.1) is 0 Å². The molecule has 0 saturated heterocycles. The molecule has 7 nitrogen and oxygen atoms in total. The highest BCUT2D eigenvalue weighted by Gasteiger charge is 2.29. The van der Waals surface area contributed by atoms with Gasteiger partial charge in [0.15, 0.2) is 6.61 Å². The van der Waals surface area contributed by atoms with E-state index in [1.165, 1.54) is 30.6 Å². The fourth-order valence-corrected chi connectivity index (χ4v) is 1.55. The lowest BCUT2D eigenvalue weighted by atomic mass is 10.2. The quantitative estimate of drug-likeness (QED) is 0.740. The molecule has 10 heteroatoms. The Morgan fingerprint density at radius 3 is 2.57 bits per heavy atom. The molecular weight excluding hydrogens is 317 g/mol. The Labute approximate surface area is 127 Å². The van der Waals surface area contributed by atoms with Gasteiger partial charge in [0.2, 0.25) is 5.88 Å². The van der Waals surface area contributed by atoms with Crippen LogP contribution < -0.4 is 15.6 Å². The number of halogens is 3. The Morgan fingerprint density at radius 2 is 1.91 bits per heavy atom. The molecule has 2 heterocycles. The van der Waals surface area contributed by atoms with Gasteiger partial charge in [-0.3, -0.25) is 20.4 Å². The molecule has 2 amide bonds. The van der Waals surface area contributed by atoms with Crippen LogP contribution in [0.4, 0.5) is 13.2 Å². The number of aromatic amines is 1. The second-order valence-corrected chi connectivity index (χ2v) is 4.25. The molecule has 23 heavy (non-hydrogen) atoms. The highest BCUT2D eigenvalue weighted by molar-refractivity contribution is 5.99. The standard InChI is InChI=1S/C13H11F3N4O3/c14-13(15,16)7-23-12-8(3-1-6-18-12)10(21)19-20-11(22)9-4-2-5-17-9/h1-6,17H,7H2,(H,19,21)(H,20,22). The molecule has 2 aromatic heterocycles. The Balaban J connectivity index is 2.00. The van der Waals surface area contributed by atoms with Gasteiger partial charge in [0, 0.05) is 12.4 Å². The third-order valence-corrected chi connectivity index (χ3v) is 2.52. The Morgan fingerprint density at radius 1 is 1.17 bits per heavy atom. The molecule has 2 aromatic rings. The average molecular weight is 328 g/mol. The van der Waals surface area contributed by atoms with Gasteiger partial charge in [-0.1, -0.05) is 0 Å². The molecule has 0 fully saturated rings. The largest absolute Gasteiger partial charge is 0.467 e. The maximum Gasteiger partial charge on any atom is 0.422 e. The van der Waals surface area contributed by atoms with Gasteiger partial charge in [-0.2, -0.15) is 13.2 Å². The van der Waals surface area contributed by atoms with Crippen molar-refractivity contribution in [1.82, 2.24) is 20.8 Å². The molecule has 0 spiro atoms. The first-order valence-corrected chi connectivity index (χ1v) is 6.25. The summed E-state index contributed by atoms with van der Waals surface area (Å²) in [6.45, 7) is -1.58. The summed E-state index contributed by atoms with van der Waals surface area (Å²) < 4.78 is 41.0. The summed E-state index contributed by atoms with van der Waals surface area (Å²) in [5.74, 6) is -1.98. The number of H-pyrrole nitrogens is 1. The summed E-state index contributed by atoms with van der Waals surface area (Å²) in [5, 5.41) is 0. The zero-order chi connectivity index (χ0) is 16.9. The van der Waals surface area contributed by atoms with Gasteiger partial charge in [-0.15, -0.1) is 0 Å². The van der Waals surface area contributed by atoms with E-state index in [1.54, 1.807) is 6.07 Å². The molecule has 2 rings (SSSR count). The Kier molecular flexibility index (Phi) is 4.84.